The Hall–Kier alpha value is -2.70. The first-order chi connectivity index (χ1) is 14.4. The van der Waals surface area contributed by atoms with E-state index >= 15 is 0 Å². The first-order valence-corrected chi connectivity index (χ1v) is 10.2. The second-order valence-electron chi connectivity index (χ2n) is 8.11. The van der Waals surface area contributed by atoms with Crippen molar-refractivity contribution in [2.24, 2.45) is 5.41 Å². The summed E-state index contributed by atoms with van der Waals surface area (Å²) in [5.74, 6) is 0.169. The first-order valence-electron chi connectivity index (χ1n) is 9.82. The van der Waals surface area contributed by atoms with E-state index in [1.54, 1.807) is 25.3 Å². The molecule has 2 aliphatic rings. The number of ether oxygens (including phenoxy) is 2. The van der Waals surface area contributed by atoms with Crippen LogP contribution in [-0.4, -0.2) is 48.2 Å². The number of carbonyl (C=O) groups excluding carboxylic acids is 1. The van der Waals surface area contributed by atoms with E-state index in [9.17, 15) is 9.18 Å². The number of amides is 1. The molecule has 1 aromatic heterocycles. The minimum atomic E-state index is -0.587. The van der Waals surface area contributed by atoms with Gasteiger partial charge in [-0.15, -0.1) is 0 Å². The van der Waals surface area contributed by atoms with Crippen molar-refractivity contribution in [2.75, 3.05) is 26.3 Å². The standard InChI is InChI=1S/C23H20ClFN2O3/c1-14(22(28)27-10-23(11-27)12-29-13-23)30-16-3-5-19-17(6-7-26-21(19)9-16)18-4-2-15(25)8-20(18)24/h2-9,14H,10-13H2,1H3/t14-/m1/s1. The zero-order chi connectivity index (χ0) is 20.9. The lowest BCUT2D eigenvalue weighted by molar-refractivity contribution is -0.198. The van der Waals surface area contributed by atoms with Crippen LogP contribution < -0.4 is 4.74 Å². The molecule has 30 heavy (non-hydrogen) atoms. The van der Waals surface area contributed by atoms with Crippen LogP contribution >= 0.6 is 11.6 Å². The highest BCUT2D eigenvalue weighted by molar-refractivity contribution is 6.33. The van der Waals surface area contributed by atoms with E-state index in [2.05, 4.69) is 4.98 Å². The van der Waals surface area contributed by atoms with Crippen LogP contribution in [0.5, 0.6) is 5.75 Å². The third kappa shape index (κ3) is 3.30. The van der Waals surface area contributed by atoms with Crippen LogP contribution in [0.4, 0.5) is 4.39 Å². The molecule has 1 atom stereocenters. The minimum Gasteiger partial charge on any atom is -0.481 e. The van der Waals surface area contributed by atoms with Gasteiger partial charge in [-0.05, 0) is 48.9 Å². The maximum atomic E-state index is 13.4. The number of aromatic nitrogens is 1. The molecule has 3 heterocycles. The van der Waals surface area contributed by atoms with Gasteiger partial charge >= 0.3 is 0 Å². The molecule has 5 nitrogen and oxygen atoms in total. The van der Waals surface area contributed by atoms with Gasteiger partial charge in [-0.25, -0.2) is 4.39 Å². The number of likely N-dealkylation sites (tertiary alicyclic amines) is 1. The Morgan fingerprint density at radius 2 is 2.00 bits per heavy atom. The summed E-state index contributed by atoms with van der Waals surface area (Å²) in [6.45, 7) is 4.71. The molecule has 7 heteroatoms. The van der Waals surface area contributed by atoms with Crippen LogP contribution in [0.25, 0.3) is 22.0 Å². The molecule has 2 fully saturated rings. The average Bonchev–Trinajstić information content (AvgIpc) is 2.65. The second kappa shape index (κ2) is 7.22. The predicted molar refractivity (Wildman–Crippen MR) is 112 cm³/mol. The van der Waals surface area contributed by atoms with E-state index in [1.165, 1.54) is 12.1 Å². The number of pyridine rings is 1. The Bertz CT molecular complexity index is 1140. The molecule has 2 aromatic carbocycles. The van der Waals surface area contributed by atoms with Gasteiger partial charge in [0.2, 0.25) is 0 Å². The summed E-state index contributed by atoms with van der Waals surface area (Å²) < 4.78 is 24.6. The van der Waals surface area contributed by atoms with Gasteiger partial charge in [0.15, 0.2) is 6.10 Å². The lowest BCUT2D eigenvalue weighted by Gasteiger charge is -2.55. The van der Waals surface area contributed by atoms with Crippen LogP contribution in [0.3, 0.4) is 0 Å². The fraction of sp³-hybridized carbons (Fsp3) is 0.304. The summed E-state index contributed by atoms with van der Waals surface area (Å²) in [6.07, 6.45) is 1.09. The Morgan fingerprint density at radius 3 is 2.70 bits per heavy atom. The van der Waals surface area contributed by atoms with Crippen molar-refractivity contribution in [1.29, 1.82) is 0 Å². The molecule has 0 unspecified atom stereocenters. The van der Waals surface area contributed by atoms with Gasteiger partial charge < -0.3 is 14.4 Å². The first kappa shape index (κ1) is 19.3. The van der Waals surface area contributed by atoms with Gasteiger partial charge in [-0.2, -0.15) is 0 Å². The van der Waals surface area contributed by atoms with Crippen molar-refractivity contribution in [3.63, 3.8) is 0 Å². The van der Waals surface area contributed by atoms with Crippen molar-refractivity contribution in [1.82, 2.24) is 9.88 Å². The predicted octanol–water partition coefficient (Wildman–Crippen LogP) is 4.32. The van der Waals surface area contributed by atoms with Crippen LogP contribution in [0.1, 0.15) is 6.92 Å². The molecule has 0 N–H and O–H groups in total. The molecule has 1 amide bonds. The van der Waals surface area contributed by atoms with Crippen LogP contribution in [0, 0.1) is 11.2 Å². The molecule has 154 valence electrons. The number of hydrogen-bond acceptors (Lipinski definition) is 4. The van der Waals surface area contributed by atoms with Gasteiger partial charge in [-0.1, -0.05) is 11.6 Å². The largest absolute Gasteiger partial charge is 0.481 e. The van der Waals surface area contributed by atoms with E-state index in [-0.39, 0.29) is 17.1 Å². The fourth-order valence-corrected chi connectivity index (χ4v) is 4.42. The van der Waals surface area contributed by atoms with E-state index in [0.717, 1.165) is 42.8 Å². The van der Waals surface area contributed by atoms with Crippen LogP contribution in [-0.2, 0) is 9.53 Å². The Balaban J connectivity index is 1.36. The number of halogens is 2. The molecule has 0 saturated carbocycles. The molecular formula is C23H20ClFN2O3. The smallest absolute Gasteiger partial charge is 0.263 e. The number of fused-ring (bicyclic) bond motifs is 1. The highest BCUT2D eigenvalue weighted by Crippen LogP contribution is 2.38. The van der Waals surface area contributed by atoms with Gasteiger partial charge in [0.1, 0.15) is 11.6 Å². The Kier molecular flexibility index (Phi) is 4.64. The van der Waals surface area contributed by atoms with Crippen molar-refractivity contribution in [3.8, 4) is 16.9 Å². The van der Waals surface area contributed by atoms with Gasteiger partial charge in [0.25, 0.3) is 5.91 Å². The molecule has 1 spiro atoms. The maximum Gasteiger partial charge on any atom is 0.263 e. The molecule has 3 aromatic rings. The van der Waals surface area contributed by atoms with E-state index in [1.807, 2.05) is 23.1 Å². The van der Waals surface area contributed by atoms with E-state index < -0.39 is 6.10 Å². The lowest BCUT2D eigenvalue weighted by Crippen LogP contribution is -2.68. The lowest BCUT2D eigenvalue weighted by atomic mass is 9.78. The number of rotatable bonds is 4. The summed E-state index contributed by atoms with van der Waals surface area (Å²) in [7, 11) is 0. The SMILES string of the molecule is C[C@@H](Oc1ccc2c(-c3ccc(F)cc3Cl)ccnc2c1)C(=O)N1CC2(COC2)C1. The highest BCUT2D eigenvalue weighted by atomic mass is 35.5. The summed E-state index contributed by atoms with van der Waals surface area (Å²) >= 11 is 6.25. The van der Waals surface area contributed by atoms with Gasteiger partial charge in [-0.3, -0.25) is 9.78 Å². The topological polar surface area (TPSA) is 51.7 Å². The van der Waals surface area contributed by atoms with Gasteiger partial charge in [0, 0.05) is 36.3 Å². The monoisotopic (exact) mass is 426 g/mol. The molecule has 0 bridgehead atoms. The second-order valence-corrected chi connectivity index (χ2v) is 8.52. The molecular weight excluding hydrogens is 407 g/mol. The molecule has 0 radical (unpaired) electrons. The summed E-state index contributed by atoms with van der Waals surface area (Å²) in [6, 6.07) is 11.7. The quantitative estimate of drug-likeness (QED) is 0.623. The molecule has 5 rings (SSSR count). The number of nitrogens with zero attached hydrogens (tertiary/aromatic N) is 2. The van der Waals surface area contributed by atoms with Crippen molar-refractivity contribution < 1.29 is 18.7 Å². The molecule has 0 aliphatic carbocycles. The third-order valence-corrected chi connectivity index (χ3v) is 6.09. The molecule has 2 saturated heterocycles. The Morgan fingerprint density at radius 1 is 1.20 bits per heavy atom. The number of benzene rings is 2. The normalized spacial score (nSPS) is 18.0. The molecule has 2 aliphatic heterocycles. The van der Waals surface area contributed by atoms with E-state index in [4.69, 9.17) is 21.1 Å². The maximum absolute atomic E-state index is 13.4. The summed E-state index contributed by atoms with van der Waals surface area (Å²) in [4.78, 5) is 18.9. The fourth-order valence-electron chi connectivity index (χ4n) is 4.15. The third-order valence-electron chi connectivity index (χ3n) is 5.78. The zero-order valence-corrected chi connectivity index (χ0v) is 17.2. The van der Waals surface area contributed by atoms with E-state index in [0.29, 0.717) is 16.3 Å². The minimum absolute atomic E-state index is 0.0209. The van der Waals surface area contributed by atoms with Gasteiger partial charge in [0.05, 0.1) is 29.2 Å². The number of hydrogen-bond donors (Lipinski definition) is 0. The summed E-state index contributed by atoms with van der Waals surface area (Å²) in [5.41, 5.74) is 2.48. The van der Waals surface area contributed by atoms with Crippen molar-refractivity contribution in [3.05, 3.63) is 59.5 Å². The average molecular weight is 427 g/mol. The van der Waals surface area contributed by atoms with Crippen LogP contribution in [0.2, 0.25) is 5.02 Å². The summed E-state index contributed by atoms with van der Waals surface area (Å²) in [5, 5.41) is 1.21. The number of carbonyl (C=O) groups is 1. The Labute approximate surface area is 178 Å². The van der Waals surface area contributed by atoms with Crippen LogP contribution in [0.15, 0.2) is 48.7 Å². The highest BCUT2D eigenvalue weighted by Gasteiger charge is 2.51. The van der Waals surface area contributed by atoms with Crippen molar-refractivity contribution >= 4 is 28.4 Å². The van der Waals surface area contributed by atoms with Crippen molar-refractivity contribution in [2.45, 2.75) is 13.0 Å². The zero-order valence-electron chi connectivity index (χ0n) is 16.4.